The number of hydrogen-bond acceptors (Lipinski definition) is 1. The fourth-order valence-corrected chi connectivity index (χ4v) is 9.01. The van der Waals surface area contributed by atoms with E-state index in [1.165, 1.54) is 93.5 Å². The van der Waals surface area contributed by atoms with E-state index in [1.807, 2.05) is 0 Å². The first-order valence-electron chi connectivity index (χ1n) is 18.2. The summed E-state index contributed by atoms with van der Waals surface area (Å²) in [6, 6.07) is 62.4. The molecule has 0 saturated carbocycles. The molecule has 1 aliphatic heterocycles. The highest BCUT2D eigenvalue weighted by Crippen LogP contribution is 2.51. The van der Waals surface area contributed by atoms with E-state index in [4.69, 9.17) is 4.74 Å². The first-order valence-corrected chi connectivity index (χ1v) is 18.2. The standard InChI is InChI=1S/C51H34O/c1-51(2)46-17-7-6-13-41(46)44-28-33-18-19-35(27-37(33)30-47(44)51)38-14-8-12-34-26-36(20-22-39(34)38)40-23-25-49-50-42(40)15-9-16-43(50)45-29-32(21-24-48(45)52-49)31-10-4-3-5-11-31/h3-30H,1-2H3. The van der Waals surface area contributed by atoms with E-state index in [9.17, 15) is 0 Å². The molecule has 244 valence electrons. The van der Waals surface area contributed by atoms with Crippen LogP contribution >= 0.6 is 0 Å². The molecule has 2 aliphatic rings. The molecule has 1 heterocycles. The van der Waals surface area contributed by atoms with Crippen LogP contribution in [0.3, 0.4) is 0 Å². The maximum absolute atomic E-state index is 6.55. The van der Waals surface area contributed by atoms with Gasteiger partial charge < -0.3 is 4.74 Å². The average molecular weight is 663 g/mol. The van der Waals surface area contributed by atoms with E-state index in [2.05, 4.69) is 184 Å². The second-order valence-corrected chi connectivity index (χ2v) is 14.9. The minimum atomic E-state index is -0.0195. The third-order valence-corrected chi connectivity index (χ3v) is 11.6. The Balaban J connectivity index is 1.00. The lowest BCUT2D eigenvalue weighted by Crippen LogP contribution is -2.14. The van der Waals surface area contributed by atoms with Crippen molar-refractivity contribution in [3.63, 3.8) is 0 Å². The van der Waals surface area contributed by atoms with Gasteiger partial charge in [-0.1, -0.05) is 141 Å². The zero-order valence-electron chi connectivity index (χ0n) is 29.1. The van der Waals surface area contributed by atoms with Gasteiger partial charge in [-0.25, -0.2) is 0 Å². The Labute approximate surface area is 303 Å². The highest BCUT2D eigenvalue weighted by Gasteiger charge is 2.35. The van der Waals surface area contributed by atoms with Gasteiger partial charge >= 0.3 is 0 Å². The van der Waals surface area contributed by atoms with Crippen molar-refractivity contribution in [1.82, 2.24) is 0 Å². The number of ether oxygens (including phenoxy) is 1. The predicted octanol–water partition coefficient (Wildman–Crippen LogP) is 14.2. The van der Waals surface area contributed by atoms with Crippen LogP contribution in [0.4, 0.5) is 0 Å². The Morgan fingerprint density at radius 2 is 1.06 bits per heavy atom. The smallest absolute Gasteiger partial charge is 0.135 e. The zero-order chi connectivity index (χ0) is 34.6. The molecule has 0 saturated heterocycles. The maximum atomic E-state index is 6.55. The van der Waals surface area contributed by atoms with Crippen LogP contribution in [0.1, 0.15) is 25.0 Å². The molecular formula is C51H34O. The normalized spacial score (nSPS) is 13.5. The van der Waals surface area contributed by atoms with Gasteiger partial charge in [0.2, 0.25) is 0 Å². The monoisotopic (exact) mass is 662 g/mol. The Kier molecular flexibility index (Phi) is 6.08. The number of benzene rings is 9. The van der Waals surface area contributed by atoms with Gasteiger partial charge in [0.25, 0.3) is 0 Å². The summed E-state index contributed by atoms with van der Waals surface area (Å²) < 4.78 is 6.55. The lowest BCUT2D eigenvalue weighted by atomic mass is 9.82. The summed E-state index contributed by atoms with van der Waals surface area (Å²) in [5, 5.41) is 7.43. The summed E-state index contributed by atoms with van der Waals surface area (Å²) in [6.07, 6.45) is 0. The topological polar surface area (TPSA) is 9.23 Å². The van der Waals surface area contributed by atoms with Crippen molar-refractivity contribution >= 4 is 32.3 Å². The third kappa shape index (κ3) is 4.23. The SMILES string of the molecule is CC1(C)c2ccccc2-c2cc3ccc(-c4cccc5cc(-c6ccc7c8c(cccc68)-c6cc(-c8ccccc8)ccc6O7)ccc45)cc3cc21. The molecule has 0 fully saturated rings. The van der Waals surface area contributed by atoms with Crippen LogP contribution in [0, 0.1) is 0 Å². The lowest BCUT2D eigenvalue weighted by Gasteiger charge is -2.23. The number of hydrogen-bond donors (Lipinski definition) is 0. The molecule has 0 bridgehead atoms. The number of rotatable bonds is 3. The number of fused-ring (bicyclic) bond motifs is 7. The second kappa shape index (κ2) is 10.8. The van der Waals surface area contributed by atoms with Crippen molar-refractivity contribution in [3.8, 4) is 67.1 Å². The van der Waals surface area contributed by atoms with Crippen molar-refractivity contribution in [3.05, 3.63) is 181 Å². The Bertz CT molecular complexity index is 2950. The van der Waals surface area contributed by atoms with E-state index < -0.39 is 0 Å². The van der Waals surface area contributed by atoms with Crippen LogP contribution in [0.2, 0.25) is 0 Å². The highest BCUT2D eigenvalue weighted by molar-refractivity contribution is 6.11. The molecule has 1 aliphatic carbocycles. The van der Waals surface area contributed by atoms with Crippen LogP contribution < -0.4 is 4.74 Å². The second-order valence-electron chi connectivity index (χ2n) is 14.9. The van der Waals surface area contributed by atoms with E-state index in [0.717, 1.165) is 17.1 Å². The van der Waals surface area contributed by atoms with Crippen molar-refractivity contribution in [2.45, 2.75) is 19.3 Å². The van der Waals surface area contributed by atoms with E-state index in [-0.39, 0.29) is 5.41 Å². The molecule has 0 N–H and O–H groups in total. The Morgan fingerprint density at radius 1 is 0.346 bits per heavy atom. The molecular weight excluding hydrogens is 629 g/mol. The summed E-state index contributed by atoms with van der Waals surface area (Å²) in [5.41, 5.74) is 15.2. The van der Waals surface area contributed by atoms with Crippen molar-refractivity contribution in [2.24, 2.45) is 0 Å². The molecule has 9 aromatic carbocycles. The summed E-state index contributed by atoms with van der Waals surface area (Å²) >= 11 is 0. The molecule has 0 atom stereocenters. The van der Waals surface area contributed by atoms with Crippen LogP contribution in [0.25, 0.3) is 88.0 Å². The fourth-order valence-electron chi connectivity index (χ4n) is 9.01. The summed E-state index contributed by atoms with van der Waals surface area (Å²) in [4.78, 5) is 0. The molecule has 9 aromatic rings. The van der Waals surface area contributed by atoms with Crippen LogP contribution in [-0.2, 0) is 5.41 Å². The molecule has 52 heavy (non-hydrogen) atoms. The maximum Gasteiger partial charge on any atom is 0.135 e. The largest absolute Gasteiger partial charge is 0.456 e. The highest BCUT2D eigenvalue weighted by atomic mass is 16.5. The average Bonchev–Trinajstić information content (AvgIpc) is 3.41. The summed E-state index contributed by atoms with van der Waals surface area (Å²) in [6.45, 7) is 4.71. The summed E-state index contributed by atoms with van der Waals surface area (Å²) in [5.74, 6) is 1.81. The van der Waals surface area contributed by atoms with E-state index >= 15 is 0 Å². The van der Waals surface area contributed by atoms with Crippen LogP contribution in [-0.4, -0.2) is 0 Å². The molecule has 0 unspecified atom stereocenters. The van der Waals surface area contributed by atoms with Crippen molar-refractivity contribution in [1.29, 1.82) is 0 Å². The van der Waals surface area contributed by atoms with Gasteiger partial charge in [0, 0.05) is 16.4 Å². The third-order valence-electron chi connectivity index (χ3n) is 11.6. The van der Waals surface area contributed by atoms with E-state index in [0.29, 0.717) is 0 Å². The van der Waals surface area contributed by atoms with Gasteiger partial charge in [0.05, 0.1) is 0 Å². The Morgan fingerprint density at radius 3 is 1.96 bits per heavy atom. The quantitative estimate of drug-likeness (QED) is 0.183. The van der Waals surface area contributed by atoms with Gasteiger partial charge in [-0.05, 0) is 131 Å². The van der Waals surface area contributed by atoms with Gasteiger partial charge in [0.1, 0.15) is 11.5 Å². The molecule has 1 heteroatoms. The summed E-state index contributed by atoms with van der Waals surface area (Å²) in [7, 11) is 0. The van der Waals surface area contributed by atoms with E-state index in [1.54, 1.807) is 0 Å². The van der Waals surface area contributed by atoms with Crippen LogP contribution in [0.15, 0.2) is 170 Å². The molecule has 0 aromatic heterocycles. The molecule has 11 rings (SSSR count). The van der Waals surface area contributed by atoms with Gasteiger partial charge in [-0.2, -0.15) is 0 Å². The Hall–Kier alpha value is -6.44. The zero-order valence-corrected chi connectivity index (χ0v) is 29.1. The molecule has 0 radical (unpaired) electrons. The van der Waals surface area contributed by atoms with Crippen molar-refractivity contribution < 1.29 is 4.74 Å². The fraction of sp³-hybridized carbons (Fsp3) is 0.0588. The molecule has 1 nitrogen and oxygen atoms in total. The molecule has 0 spiro atoms. The van der Waals surface area contributed by atoms with Gasteiger partial charge in [-0.15, -0.1) is 0 Å². The lowest BCUT2D eigenvalue weighted by molar-refractivity contribution is 0.487. The van der Waals surface area contributed by atoms with Gasteiger partial charge in [-0.3, -0.25) is 0 Å². The predicted molar refractivity (Wildman–Crippen MR) is 218 cm³/mol. The minimum Gasteiger partial charge on any atom is -0.456 e. The van der Waals surface area contributed by atoms with Crippen LogP contribution in [0.5, 0.6) is 11.5 Å². The van der Waals surface area contributed by atoms with Crippen molar-refractivity contribution in [2.75, 3.05) is 0 Å². The first kappa shape index (κ1) is 29.3. The van der Waals surface area contributed by atoms with Gasteiger partial charge in [0.15, 0.2) is 0 Å². The molecule has 0 amide bonds. The minimum absolute atomic E-state index is 0.0195. The first-order chi connectivity index (χ1) is 25.5.